The molecule has 1 amide bonds. The van der Waals surface area contributed by atoms with Crippen molar-refractivity contribution in [2.45, 2.75) is 44.6 Å². The molecule has 0 unspecified atom stereocenters. The third kappa shape index (κ3) is 5.59. The van der Waals surface area contributed by atoms with Crippen molar-refractivity contribution in [1.29, 1.82) is 0 Å². The van der Waals surface area contributed by atoms with Crippen LogP contribution in [0.4, 0.5) is 37.8 Å². The highest BCUT2D eigenvalue weighted by Gasteiger charge is 2.41. The van der Waals surface area contributed by atoms with E-state index in [-0.39, 0.29) is 6.07 Å². The second kappa shape index (κ2) is 9.86. The summed E-state index contributed by atoms with van der Waals surface area (Å²) in [6.45, 7) is 5.23. The molecular weight excluding hydrogens is 524 g/mol. The van der Waals surface area contributed by atoms with E-state index < -0.39 is 46.5 Å². The molecule has 0 atom stereocenters. The Morgan fingerprint density at radius 1 is 0.923 bits per heavy atom. The summed E-state index contributed by atoms with van der Waals surface area (Å²) in [5, 5.41) is 9.70. The van der Waals surface area contributed by atoms with Gasteiger partial charge in [-0.25, -0.2) is 4.98 Å². The number of alkyl halides is 6. The lowest BCUT2D eigenvalue weighted by Gasteiger charge is -2.37. The molecule has 208 valence electrons. The maximum Gasteiger partial charge on any atom is 0.416 e. The van der Waals surface area contributed by atoms with Gasteiger partial charge in [0, 0.05) is 25.7 Å². The minimum absolute atomic E-state index is 0.0411. The van der Waals surface area contributed by atoms with E-state index in [1.165, 1.54) is 32.0 Å². The Labute approximate surface area is 221 Å². The van der Waals surface area contributed by atoms with E-state index in [4.69, 9.17) is 0 Å². The van der Waals surface area contributed by atoms with Gasteiger partial charge in [0.1, 0.15) is 5.82 Å². The molecule has 4 rings (SSSR count). The van der Waals surface area contributed by atoms with Crippen LogP contribution in [0.2, 0.25) is 0 Å². The van der Waals surface area contributed by atoms with Crippen LogP contribution in [0.3, 0.4) is 0 Å². The van der Waals surface area contributed by atoms with E-state index >= 15 is 0 Å². The van der Waals surface area contributed by atoms with Crippen molar-refractivity contribution in [3.63, 3.8) is 0 Å². The first-order valence-corrected chi connectivity index (χ1v) is 12.1. The molecule has 0 spiro atoms. The van der Waals surface area contributed by atoms with Crippen molar-refractivity contribution < 1.29 is 36.2 Å². The lowest BCUT2D eigenvalue weighted by molar-refractivity contribution is -0.143. The maximum atomic E-state index is 13.8. The highest BCUT2D eigenvalue weighted by Crippen LogP contribution is 2.41. The summed E-state index contributed by atoms with van der Waals surface area (Å²) in [5.41, 5.74) is -2.57. The molecular formula is C28H27F6N3O2. The fourth-order valence-electron chi connectivity index (χ4n) is 4.58. The monoisotopic (exact) mass is 551 g/mol. The first-order chi connectivity index (χ1) is 18.0. The van der Waals surface area contributed by atoms with Crippen LogP contribution in [0.5, 0.6) is 0 Å². The van der Waals surface area contributed by atoms with E-state index in [9.17, 15) is 36.2 Å². The zero-order chi connectivity index (χ0) is 28.9. The molecule has 1 saturated heterocycles. The summed E-state index contributed by atoms with van der Waals surface area (Å²) in [7, 11) is 1.41. The zero-order valence-corrected chi connectivity index (χ0v) is 21.7. The van der Waals surface area contributed by atoms with E-state index in [2.05, 4.69) is 4.98 Å². The minimum atomic E-state index is -5.04. The van der Waals surface area contributed by atoms with E-state index in [1.807, 2.05) is 36.1 Å². The molecule has 1 N–H and O–H groups in total. The molecule has 1 aliphatic heterocycles. The van der Waals surface area contributed by atoms with Crippen molar-refractivity contribution in [2.75, 3.05) is 29.9 Å². The van der Waals surface area contributed by atoms with E-state index in [0.717, 1.165) is 11.1 Å². The predicted octanol–water partition coefficient (Wildman–Crippen LogP) is 6.22. The summed E-state index contributed by atoms with van der Waals surface area (Å²) < 4.78 is 81.0. The van der Waals surface area contributed by atoms with Gasteiger partial charge in [-0.2, -0.15) is 26.3 Å². The van der Waals surface area contributed by atoms with Crippen molar-refractivity contribution >= 4 is 17.4 Å². The lowest BCUT2D eigenvalue weighted by Crippen LogP contribution is -2.51. The number of aryl methyl sites for hydroxylation is 1. The van der Waals surface area contributed by atoms with Gasteiger partial charge < -0.3 is 14.9 Å². The van der Waals surface area contributed by atoms with E-state index in [1.54, 1.807) is 6.07 Å². The minimum Gasteiger partial charge on any atom is -0.389 e. The van der Waals surface area contributed by atoms with Crippen molar-refractivity contribution in [3.8, 4) is 11.1 Å². The summed E-state index contributed by atoms with van der Waals surface area (Å²) in [5.74, 6) is -0.159. The number of aromatic nitrogens is 1. The Balaban J connectivity index is 1.80. The number of hydrogen-bond acceptors (Lipinski definition) is 4. The molecule has 39 heavy (non-hydrogen) atoms. The second-order valence-electron chi connectivity index (χ2n) is 10.2. The third-order valence-electron chi connectivity index (χ3n) is 7.00. The summed E-state index contributed by atoms with van der Waals surface area (Å²) in [6, 6.07) is 10.3. The Kier molecular flexibility index (Phi) is 7.18. The standard InChI is InChI=1S/C28H27F6N3O2/c1-16-7-5-6-8-21(16)22-12-24(37-14-20(38)15-37)35-13-23(22)36(4)25(39)26(2,3)17-9-18(27(29,30)31)11-19(10-17)28(32,33)34/h5-13,20,38H,14-15H2,1-4H3. The topological polar surface area (TPSA) is 56.7 Å². The van der Waals surface area contributed by atoms with Crippen LogP contribution in [-0.2, 0) is 22.6 Å². The van der Waals surface area contributed by atoms with Crippen LogP contribution >= 0.6 is 0 Å². The number of anilines is 2. The molecule has 0 aliphatic carbocycles. The molecule has 2 aromatic carbocycles. The fraction of sp³-hybridized carbons (Fsp3) is 0.357. The number of β-amino-alcohol motifs (C(OH)–C–C–N with tert-alkyl or cyclic N) is 1. The predicted molar refractivity (Wildman–Crippen MR) is 136 cm³/mol. The van der Waals surface area contributed by atoms with Crippen LogP contribution < -0.4 is 9.80 Å². The average Bonchev–Trinajstić information content (AvgIpc) is 2.84. The van der Waals surface area contributed by atoms with Gasteiger partial charge in [0.25, 0.3) is 0 Å². The maximum absolute atomic E-state index is 13.8. The molecule has 11 heteroatoms. The number of amides is 1. The van der Waals surface area contributed by atoms with Crippen LogP contribution in [0.15, 0.2) is 54.7 Å². The number of halogens is 6. The Morgan fingerprint density at radius 3 is 1.97 bits per heavy atom. The van der Waals surface area contributed by atoms with Crippen LogP contribution in [-0.4, -0.2) is 42.2 Å². The van der Waals surface area contributed by atoms with Gasteiger partial charge in [0.2, 0.25) is 5.91 Å². The van der Waals surface area contributed by atoms with E-state index in [0.29, 0.717) is 42.3 Å². The van der Waals surface area contributed by atoms with Gasteiger partial charge in [-0.3, -0.25) is 4.79 Å². The quantitative estimate of drug-likeness (QED) is 0.383. The van der Waals surface area contributed by atoms with Gasteiger partial charge >= 0.3 is 12.4 Å². The number of carbonyl (C=O) groups is 1. The number of benzene rings is 2. The SMILES string of the molecule is Cc1ccccc1-c1cc(N2CC(O)C2)ncc1N(C)C(=O)C(C)(C)c1cc(C(F)(F)F)cc(C(F)(F)F)c1. The molecule has 1 fully saturated rings. The number of likely N-dealkylation sites (N-methyl/N-ethyl adjacent to an activating group) is 1. The summed E-state index contributed by atoms with van der Waals surface area (Å²) in [6.07, 6.45) is -9.11. The number of nitrogens with zero attached hydrogens (tertiary/aromatic N) is 3. The Hall–Kier alpha value is -3.60. The highest BCUT2D eigenvalue weighted by molar-refractivity contribution is 6.03. The third-order valence-corrected chi connectivity index (χ3v) is 7.00. The molecule has 0 radical (unpaired) electrons. The molecule has 0 bridgehead atoms. The largest absolute Gasteiger partial charge is 0.416 e. The van der Waals surface area contributed by atoms with Crippen molar-refractivity contribution in [2.24, 2.45) is 0 Å². The smallest absolute Gasteiger partial charge is 0.389 e. The second-order valence-corrected chi connectivity index (χ2v) is 10.2. The average molecular weight is 552 g/mol. The van der Waals surface area contributed by atoms with Crippen molar-refractivity contribution in [1.82, 2.24) is 4.98 Å². The number of aliphatic hydroxyl groups excluding tert-OH is 1. The molecule has 5 nitrogen and oxygen atoms in total. The number of aliphatic hydroxyl groups is 1. The van der Waals surface area contributed by atoms with Gasteiger partial charge in [0.05, 0.1) is 34.5 Å². The first kappa shape index (κ1) is 28.4. The zero-order valence-electron chi connectivity index (χ0n) is 21.7. The van der Waals surface area contributed by atoms with Gasteiger partial charge in [-0.1, -0.05) is 24.3 Å². The van der Waals surface area contributed by atoms with Gasteiger partial charge in [-0.15, -0.1) is 0 Å². The summed E-state index contributed by atoms with van der Waals surface area (Å²) >= 11 is 0. The normalized spacial score (nSPS) is 14.8. The molecule has 1 aliphatic rings. The first-order valence-electron chi connectivity index (χ1n) is 12.1. The Bertz CT molecular complexity index is 1360. The molecule has 0 saturated carbocycles. The van der Waals surface area contributed by atoms with Crippen LogP contribution in [0.1, 0.15) is 36.1 Å². The number of carbonyl (C=O) groups excluding carboxylic acids is 1. The lowest BCUT2D eigenvalue weighted by atomic mass is 9.81. The van der Waals surface area contributed by atoms with Gasteiger partial charge in [-0.05, 0) is 61.7 Å². The van der Waals surface area contributed by atoms with Crippen LogP contribution in [0, 0.1) is 6.92 Å². The van der Waals surface area contributed by atoms with Crippen LogP contribution in [0.25, 0.3) is 11.1 Å². The van der Waals surface area contributed by atoms with Crippen molar-refractivity contribution in [3.05, 3.63) is 77.0 Å². The fourth-order valence-corrected chi connectivity index (χ4v) is 4.58. The summed E-state index contributed by atoms with van der Waals surface area (Å²) in [4.78, 5) is 21.3. The number of pyridine rings is 1. The Morgan fingerprint density at radius 2 is 1.46 bits per heavy atom. The molecule has 1 aromatic heterocycles. The highest BCUT2D eigenvalue weighted by atomic mass is 19.4. The molecule has 3 aromatic rings. The van der Waals surface area contributed by atoms with Gasteiger partial charge in [0.15, 0.2) is 0 Å². The number of hydrogen-bond donors (Lipinski definition) is 1. The molecule has 2 heterocycles. The number of rotatable bonds is 5.